The summed E-state index contributed by atoms with van der Waals surface area (Å²) in [6.45, 7) is 1.96. The van der Waals surface area contributed by atoms with Crippen LogP contribution in [0.5, 0.6) is 0 Å². The SMILES string of the molecule is CC(Cc1cccs1)N(C)C(=O)C(N)CCS(C)(=O)=O. The van der Waals surface area contributed by atoms with Crippen molar-refractivity contribution < 1.29 is 13.2 Å². The van der Waals surface area contributed by atoms with Crippen LogP contribution in [-0.4, -0.2) is 50.4 Å². The van der Waals surface area contributed by atoms with Gasteiger partial charge >= 0.3 is 0 Å². The highest BCUT2D eigenvalue weighted by molar-refractivity contribution is 7.90. The van der Waals surface area contributed by atoms with Gasteiger partial charge in [0.1, 0.15) is 9.84 Å². The lowest BCUT2D eigenvalue weighted by molar-refractivity contribution is -0.133. The number of amides is 1. The van der Waals surface area contributed by atoms with Gasteiger partial charge in [-0.1, -0.05) is 6.07 Å². The van der Waals surface area contributed by atoms with Gasteiger partial charge in [0.05, 0.1) is 11.8 Å². The van der Waals surface area contributed by atoms with E-state index in [9.17, 15) is 13.2 Å². The Morgan fingerprint density at radius 3 is 2.65 bits per heavy atom. The molecule has 20 heavy (non-hydrogen) atoms. The van der Waals surface area contributed by atoms with Crippen LogP contribution in [0.15, 0.2) is 17.5 Å². The van der Waals surface area contributed by atoms with Crippen LogP contribution in [0.3, 0.4) is 0 Å². The lowest BCUT2D eigenvalue weighted by Gasteiger charge is -2.27. The summed E-state index contributed by atoms with van der Waals surface area (Å²) in [7, 11) is -1.38. The first kappa shape index (κ1) is 17.1. The number of carbonyl (C=O) groups is 1. The third-order valence-electron chi connectivity index (χ3n) is 3.20. The number of nitrogens with zero attached hydrogens (tertiary/aromatic N) is 1. The largest absolute Gasteiger partial charge is 0.341 e. The van der Waals surface area contributed by atoms with Crippen LogP contribution in [0, 0.1) is 0 Å². The van der Waals surface area contributed by atoms with E-state index in [0.29, 0.717) is 0 Å². The molecule has 0 spiro atoms. The smallest absolute Gasteiger partial charge is 0.239 e. The van der Waals surface area contributed by atoms with Crippen molar-refractivity contribution in [1.82, 2.24) is 4.90 Å². The predicted octanol–water partition coefficient (Wildman–Crippen LogP) is 0.900. The number of sulfone groups is 1. The molecule has 1 rings (SSSR count). The highest BCUT2D eigenvalue weighted by Crippen LogP contribution is 2.14. The summed E-state index contributed by atoms with van der Waals surface area (Å²) in [5.41, 5.74) is 5.78. The van der Waals surface area contributed by atoms with Crippen LogP contribution in [0.25, 0.3) is 0 Å². The van der Waals surface area contributed by atoms with Crippen molar-refractivity contribution in [2.45, 2.75) is 31.8 Å². The van der Waals surface area contributed by atoms with Crippen molar-refractivity contribution in [3.05, 3.63) is 22.4 Å². The summed E-state index contributed by atoms with van der Waals surface area (Å²) >= 11 is 1.65. The molecular weight excluding hydrogens is 296 g/mol. The molecule has 7 heteroatoms. The second-order valence-corrected chi connectivity index (χ2v) is 8.40. The number of nitrogens with two attached hydrogens (primary N) is 1. The van der Waals surface area contributed by atoms with Crippen molar-refractivity contribution in [3.63, 3.8) is 0 Å². The van der Waals surface area contributed by atoms with Gasteiger partial charge in [0, 0.05) is 30.6 Å². The first-order valence-corrected chi connectivity index (χ1v) is 9.37. The fourth-order valence-corrected chi connectivity index (χ4v) is 3.31. The summed E-state index contributed by atoms with van der Waals surface area (Å²) < 4.78 is 22.2. The van der Waals surface area contributed by atoms with Gasteiger partial charge in [-0.25, -0.2) is 8.42 Å². The highest BCUT2D eigenvalue weighted by Gasteiger charge is 2.23. The molecule has 0 saturated carbocycles. The first-order chi connectivity index (χ1) is 9.20. The molecule has 2 unspecified atom stereocenters. The number of hydrogen-bond acceptors (Lipinski definition) is 5. The Hall–Kier alpha value is -0.920. The van der Waals surface area contributed by atoms with Gasteiger partial charge in [0.15, 0.2) is 0 Å². The fourth-order valence-electron chi connectivity index (χ4n) is 1.80. The van der Waals surface area contributed by atoms with E-state index in [2.05, 4.69) is 0 Å². The molecule has 0 aliphatic heterocycles. The van der Waals surface area contributed by atoms with Crippen molar-refractivity contribution in [2.24, 2.45) is 5.73 Å². The molecule has 0 radical (unpaired) electrons. The lowest BCUT2D eigenvalue weighted by atomic mass is 10.1. The average molecular weight is 318 g/mol. The quantitative estimate of drug-likeness (QED) is 0.810. The van der Waals surface area contributed by atoms with Crippen molar-refractivity contribution >= 4 is 27.1 Å². The van der Waals surface area contributed by atoms with E-state index < -0.39 is 15.9 Å². The third-order valence-corrected chi connectivity index (χ3v) is 5.08. The molecule has 0 fully saturated rings. The van der Waals surface area contributed by atoms with E-state index >= 15 is 0 Å². The topological polar surface area (TPSA) is 80.5 Å². The van der Waals surface area contributed by atoms with Gasteiger partial charge in [-0.15, -0.1) is 11.3 Å². The van der Waals surface area contributed by atoms with Crippen molar-refractivity contribution in [3.8, 4) is 0 Å². The Morgan fingerprint density at radius 2 is 2.15 bits per heavy atom. The summed E-state index contributed by atoms with van der Waals surface area (Å²) in [6, 6.07) is 3.28. The number of hydrogen-bond donors (Lipinski definition) is 1. The van der Waals surface area contributed by atoms with Crippen LogP contribution in [-0.2, 0) is 21.1 Å². The predicted molar refractivity (Wildman–Crippen MR) is 82.6 cm³/mol. The van der Waals surface area contributed by atoms with Crippen LogP contribution in [0.2, 0.25) is 0 Å². The van der Waals surface area contributed by atoms with Gasteiger partial charge in [0.25, 0.3) is 0 Å². The van der Waals surface area contributed by atoms with E-state index in [1.807, 2.05) is 24.4 Å². The summed E-state index contributed by atoms with van der Waals surface area (Å²) in [4.78, 5) is 15.0. The Balaban J connectivity index is 2.52. The molecule has 0 aliphatic carbocycles. The van der Waals surface area contributed by atoms with Gasteiger partial charge in [-0.2, -0.15) is 0 Å². The second kappa shape index (κ2) is 7.19. The van der Waals surface area contributed by atoms with E-state index in [4.69, 9.17) is 5.73 Å². The van der Waals surface area contributed by atoms with E-state index in [-0.39, 0.29) is 24.1 Å². The summed E-state index contributed by atoms with van der Waals surface area (Å²) in [6.07, 6.45) is 2.08. The minimum atomic E-state index is -3.09. The van der Waals surface area contributed by atoms with Gasteiger partial charge in [0.2, 0.25) is 5.91 Å². The normalized spacial score (nSPS) is 14.8. The first-order valence-electron chi connectivity index (χ1n) is 6.43. The van der Waals surface area contributed by atoms with Gasteiger partial charge in [-0.05, 0) is 24.8 Å². The van der Waals surface area contributed by atoms with E-state index in [1.165, 1.54) is 4.88 Å². The molecule has 1 heterocycles. The maximum Gasteiger partial charge on any atom is 0.239 e. The minimum Gasteiger partial charge on any atom is -0.341 e. The van der Waals surface area contributed by atoms with Crippen LogP contribution in [0.1, 0.15) is 18.2 Å². The van der Waals surface area contributed by atoms with Crippen molar-refractivity contribution in [2.75, 3.05) is 19.1 Å². The number of rotatable bonds is 7. The van der Waals surface area contributed by atoms with E-state index in [1.54, 1.807) is 23.3 Å². The molecule has 2 N–H and O–H groups in total. The Kier molecular flexibility index (Phi) is 6.16. The summed E-state index contributed by atoms with van der Waals surface area (Å²) in [5, 5.41) is 2.00. The zero-order chi connectivity index (χ0) is 15.3. The molecule has 1 aromatic heterocycles. The maximum atomic E-state index is 12.1. The third kappa shape index (κ3) is 5.60. The fraction of sp³-hybridized carbons (Fsp3) is 0.615. The molecular formula is C13H22N2O3S2. The van der Waals surface area contributed by atoms with Gasteiger partial charge < -0.3 is 10.6 Å². The van der Waals surface area contributed by atoms with E-state index in [0.717, 1.165) is 12.7 Å². The molecule has 0 aliphatic rings. The van der Waals surface area contributed by atoms with Crippen LogP contribution in [0.4, 0.5) is 0 Å². The monoisotopic (exact) mass is 318 g/mol. The van der Waals surface area contributed by atoms with Crippen LogP contribution < -0.4 is 5.73 Å². The molecule has 114 valence electrons. The molecule has 0 bridgehead atoms. The van der Waals surface area contributed by atoms with Crippen molar-refractivity contribution in [1.29, 1.82) is 0 Å². The minimum absolute atomic E-state index is 0.0328. The maximum absolute atomic E-state index is 12.1. The molecule has 5 nitrogen and oxygen atoms in total. The Bertz CT molecular complexity index is 526. The molecule has 1 amide bonds. The van der Waals surface area contributed by atoms with Gasteiger partial charge in [-0.3, -0.25) is 4.79 Å². The standard InChI is InChI=1S/C13H22N2O3S2/c1-10(9-11-5-4-7-19-11)15(2)13(16)12(14)6-8-20(3,17)18/h4-5,7,10,12H,6,8-9,14H2,1-3H3. The highest BCUT2D eigenvalue weighted by atomic mass is 32.2. The number of thiophene rings is 1. The average Bonchev–Trinajstić information content (AvgIpc) is 2.85. The molecule has 2 atom stereocenters. The zero-order valence-electron chi connectivity index (χ0n) is 12.1. The molecule has 0 aromatic carbocycles. The van der Waals surface area contributed by atoms with Crippen LogP contribution >= 0.6 is 11.3 Å². The molecule has 1 aromatic rings. The Labute approximate surface area is 124 Å². The number of likely N-dealkylation sites (N-methyl/N-ethyl adjacent to an activating group) is 1. The summed E-state index contributed by atoms with van der Waals surface area (Å²) in [5.74, 6) is -0.273. The molecule has 0 saturated heterocycles. The zero-order valence-corrected chi connectivity index (χ0v) is 13.7. The lowest BCUT2D eigenvalue weighted by Crippen LogP contribution is -2.46. The second-order valence-electron chi connectivity index (χ2n) is 5.11. The Morgan fingerprint density at radius 1 is 1.50 bits per heavy atom. The number of carbonyl (C=O) groups excluding carboxylic acids is 1.